The van der Waals surface area contributed by atoms with Gasteiger partial charge in [0.05, 0.1) is 22.8 Å². The van der Waals surface area contributed by atoms with Crippen LogP contribution in [0.2, 0.25) is 5.02 Å². The second-order valence-corrected chi connectivity index (χ2v) is 9.17. The molecule has 3 aromatic rings. The van der Waals surface area contributed by atoms with Crippen molar-refractivity contribution in [2.75, 3.05) is 25.0 Å². The third-order valence-corrected chi connectivity index (χ3v) is 6.81. The Kier molecular flexibility index (Phi) is 4.79. The molecule has 1 fully saturated rings. The summed E-state index contributed by atoms with van der Waals surface area (Å²) in [5, 5.41) is 1.36. The average Bonchev–Trinajstić information content (AvgIpc) is 3.37. The topological polar surface area (TPSA) is 80.1 Å². The second kappa shape index (κ2) is 7.10. The molecule has 0 atom stereocenters. The van der Waals surface area contributed by atoms with Crippen molar-refractivity contribution in [3.05, 3.63) is 48.0 Å². The van der Waals surface area contributed by atoms with E-state index < -0.39 is 10.0 Å². The fourth-order valence-corrected chi connectivity index (χ4v) is 4.48. The molecule has 2 aromatic heterocycles. The molecule has 2 heterocycles. The van der Waals surface area contributed by atoms with Gasteiger partial charge in [0, 0.05) is 49.0 Å². The van der Waals surface area contributed by atoms with E-state index in [9.17, 15) is 8.42 Å². The molecule has 0 amide bonds. The van der Waals surface area contributed by atoms with Crippen LogP contribution >= 0.6 is 11.6 Å². The molecule has 0 saturated heterocycles. The van der Waals surface area contributed by atoms with Gasteiger partial charge in [-0.1, -0.05) is 11.6 Å². The molecule has 1 saturated carbocycles. The van der Waals surface area contributed by atoms with Gasteiger partial charge in [-0.25, -0.2) is 23.1 Å². The van der Waals surface area contributed by atoms with E-state index in [0.29, 0.717) is 18.1 Å². The molecule has 4 rings (SSSR count). The molecule has 142 valence electrons. The van der Waals surface area contributed by atoms with E-state index in [1.165, 1.54) is 0 Å². The van der Waals surface area contributed by atoms with Crippen LogP contribution in [0.25, 0.3) is 16.6 Å². The minimum Gasteiger partial charge on any atom is -0.358 e. The highest BCUT2D eigenvalue weighted by molar-refractivity contribution is 7.90. The lowest BCUT2D eigenvalue weighted by Crippen LogP contribution is -2.35. The number of nitrogens with zero attached hydrogens (tertiary/aromatic N) is 4. The maximum absolute atomic E-state index is 12.0. The highest BCUT2D eigenvalue weighted by Crippen LogP contribution is 2.28. The van der Waals surface area contributed by atoms with Crippen LogP contribution in [0.4, 0.5) is 5.82 Å². The lowest BCUT2D eigenvalue weighted by Gasteiger charge is -2.20. The summed E-state index contributed by atoms with van der Waals surface area (Å²) in [7, 11) is -1.29. The van der Waals surface area contributed by atoms with Crippen LogP contribution < -0.4 is 9.62 Å². The third-order valence-electron chi connectivity index (χ3n) is 4.62. The number of hydrogen-bond donors (Lipinski definition) is 1. The van der Waals surface area contributed by atoms with Gasteiger partial charge in [-0.15, -0.1) is 0 Å². The van der Waals surface area contributed by atoms with E-state index in [2.05, 4.69) is 9.71 Å². The zero-order chi connectivity index (χ0) is 19.0. The maximum atomic E-state index is 12.0. The number of sulfonamides is 1. The van der Waals surface area contributed by atoms with E-state index in [1.54, 1.807) is 12.5 Å². The van der Waals surface area contributed by atoms with Gasteiger partial charge < -0.3 is 9.47 Å². The van der Waals surface area contributed by atoms with Crippen molar-refractivity contribution >= 4 is 38.3 Å². The van der Waals surface area contributed by atoms with Gasteiger partial charge in [0.15, 0.2) is 0 Å². The number of fused-ring (bicyclic) bond motifs is 1. The summed E-state index contributed by atoms with van der Waals surface area (Å²) in [5.74, 6) is 0.735. The molecule has 0 aliphatic heterocycles. The SMILES string of the molecule is CN(CCNS(=O)(=O)C1CC1)c1cc(-n2ccnc2)c2ccc(Cl)cc2n1. The molecule has 9 heteroatoms. The van der Waals surface area contributed by atoms with Gasteiger partial charge in [-0.2, -0.15) is 0 Å². The summed E-state index contributed by atoms with van der Waals surface area (Å²) in [6.07, 6.45) is 6.84. The van der Waals surface area contributed by atoms with Crippen molar-refractivity contribution in [3.8, 4) is 5.69 Å². The van der Waals surface area contributed by atoms with Crippen molar-refractivity contribution < 1.29 is 8.42 Å². The minimum atomic E-state index is -3.18. The molecule has 1 N–H and O–H groups in total. The number of anilines is 1. The van der Waals surface area contributed by atoms with Crippen molar-refractivity contribution in [1.82, 2.24) is 19.3 Å². The third kappa shape index (κ3) is 3.92. The van der Waals surface area contributed by atoms with E-state index in [4.69, 9.17) is 16.6 Å². The lowest BCUT2D eigenvalue weighted by molar-refractivity contribution is 0.580. The Hall–Kier alpha value is -2.16. The smallest absolute Gasteiger partial charge is 0.214 e. The van der Waals surface area contributed by atoms with Crippen molar-refractivity contribution in [3.63, 3.8) is 0 Å². The Morgan fingerprint density at radius 1 is 1.33 bits per heavy atom. The van der Waals surface area contributed by atoms with Gasteiger partial charge in [0.1, 0.15) is 5.82 Å². The number of hydrogen-bond acceptors (Lipinski definition) is 5. The van der Waals surface area contributed by atoms with Crippen LogP contribution in [0.15, 0.2) is 43.0 Å². The second-order valence-electron chi connectivity index (χ2n) is 6.69. The fraction of sp³-hybridized carbons (Fsp3) is 0.333. The molecule has 1 aliphatic rings. The summed E-state index contributed by atoms with van der Waals surface area (Å²) in [4.78, 5) is 10.7. The van der Waals surface area contributed by atoms with Crippen LogP contribution in [-0.4, -0.2) is 48.3 Å². The molecule has 0 radical (unpaired) electrons. The zero-order valence-electron chi connectivity index (χ0n) is 14.8. The molecular weight excluding hydrogens is 386 g/mol. The molecular formula is C18H20ClN5O2S. The maximum Gasteiger partial charge on any atom is 0.214 e. The Bertz CT molecular complexity index is 1060. The largest absolute Gasteiger partial charge is 0.358 e. The summed E-state index contributed by atoms with van der Waals surface area (Å²) in [6.45, 7) is 0.847. The van der Waals surface area contributed by atoms with Crippen LogP contribution in [0, 0.1) is 0 Å². The fourth-order valence-electron chi connectivity index (χ4n) is 2.95. The summed E-state index contributed by atoms with van der Waals surface area (Å²) in [6, 6.07) is 7.56. The first-order valence-electron chi connectivity index (χ1n) is 8.72. The molecule has 0 bridgehead atoms. The first-order chi connectivity index (χ1) is 12.9. The lowest BCUT2D eigenvalue weighted by atomic mass is 10.1. The summed E-state index contributed by atoms with van der Waals surface area (Å²) < 4.78 is 28.5. The quantitative estimate of drug-likeness (QED) is 0.653. The molecule has 0 unspecified atom stereocenters. The van der Waals surface area contributed by atoms with Crippen molar-refractivity contribution in [2.45, 2.75) is 18.1 Å². The van der Waals surface area contributed by atoms with Gasteiger partial charge in [0.2, 0.25) is 10.0 Å². The Balaban J connectivity index is 1.60. The number of imidazole rings is 1. The Morgan fingerprint density at radius 3 is 2.85 bits per heavy atom. The number of aromatic nitrogens is 3. The number of pyridine rings is 1. The highest BCUT2D eigenvalue weighted by atomic mass is 35.5. The van der Waals surface area contributed by atoms with E-state index >= 15 is 0 Å². The molecule has 0 spiro atoms. The van der Waals surface area contributed by atoms with Crippen LogP contribution in [0.1, 0.15) is 12.8 Å². The van der Waals surface area contributed by atoms with Gasteiger partial charge in [-0.3, -0.25) is 0 Å². The molecule has 1 aliphatic carbocycles. The van der Waals surface area contributed by atoms with E-state index in [0.717, 1.165) is 35.2 Å². The van der Waals surface area contributed by atoms with Gasteiger partial charge in [0.25, 0.3) is 0 Å². The monoisotopic (exact) mass is 405 g/mol. The summed E-state index contributed by atoms with van der Waals surface area (Å²) in [5.41, 5.74) is 1.71. The first kappa shape index (κ1) is 18.2. The summed E-state index contributed by atoms with van der Waals surface area (Å²) >= 11 is 6.15. The van der Waals surface area contributed by atoms with Crippen molar-refractivity contribution in [2.24, 2.45) is 0 Å². The predicted molar refractivity (Wildman–Crippen MR) is 107 cm³/mol. The minimum absolute atomic E-state index is 0.211. The number of nitrogens with one attached hydrogen (secondary N) is 1. The van der Waals surface area contributed by atoms with Crippen molar-refractivity contribution in [1.29, 1.82) is 0 Å². The Morgan fingerprint density at radius 2 is 2.15 bits per heavy atom. The van der Waals surface area contributed by atoms with Crippen LogP contribution in [0.5, 0.6) is 0 Å². The molecule has 7 nitrogen and oxygen atoms in total. The molecule has 1 aromatic carbocycles. The highest BCUT2D eigenvalue weighted by Gasteiger charge is 2.35. The normalized spacial score (nSPS) is 14.6. The van der Waals surface area contributed by atoms with Crippen LogP contribution in [-0.2, 0) is 10.0 Å². The average molecular weight is 406 g/mol. The number of benzene rings is 1. The van der Waals surface area contributed by atoms with Gasteiger partial charge >= 0.3 is 0 Å². The standard InChI is InChI=1S/C18H20ClN5O2S/c1-23(8-7-21-27(25,26)14-3-4-14)18-11-17(24-9-6-20-12-24)15-5-2-13(19)10-16(15)22-18/h2,5-6,9-12,14,21H,3-4,7-8H2,1H3. The Labute approximate surface area is 163 Å². The van der Waals surface area contributed by atoms with E-state index in [-0.39, 0.29) is 5.25 Å². The predicted octanol–water partition coefficient (Wildman–Crippen LogP) is 2.59. The van der Waals surface area contributed by atoms with Gasteiger partial charge in [-0.05, 0) is 31.0 Å². The zero-order valence-corrected chi connectivity index (χ0v) is 16.4. The molecule has 27 heavy (non-hydrogen) atoms. The van der Waals surface area contributed by atoms with Crippen LogP contribution in [0.3, 0.4) is 0 Å². The number of halogens is 1. The number of likely N-dealkylation sites (N-methyl/N-ethyl adjacent to an activating group) is 1. The van der Waals surface area contributed by atoms with E-state index in [1.807, 2.05) is 47.0 Å². The number of rotatable bonds is 7. The first-order valence-corrected chi connectivity index (χ1v) is 10.6.